The molecule has 0 radical (unpaired) electrons. The van der Waals surface area contributed by atoms with Crippen LogP contribution in [0.15, 0.2) is 72.4 Å². The Hall–Kier alpha value is -5.28. The van der Waals surface area contributed by atoms with Gasteiger partial charge >= 0.3 is 5.97 Å². The van der Waals surface area contributed by atoms with Gasteiger partial charge in [0, 0.05) is 55.4 Å². The Morgan fingerprint density at radius 3 is 2.30 bits per heavy atom. The first-order valence-electron chi connectivity index (χ1n) is 28.5. The van der Waals surface area contributed by atoms with Crippen molar-refractivity contribution < 1.29 is 69.2 Å². The number of aliphatic hydroxyl groups excluding tert-OH is 5. The lowest BCUT2D eigenvalue weighted by molar-refractivity contribution is -0.267. The molecule has 1 aromatic rings. The van der Waals surface area contributed by atoms with Crippen molar-refractivity contribution in [2.75, 3.05) is 6.54 Å². The maximum atomic E-state index is 14.1. The summed E-state index contributed by atoms with van der Waals surface area (Å²) in [5, 5.41) is 85.6. The number of nitrogens with one attached hydrogen (secondary N) is 4. The molecule has 17 atom stereocenters. The zero-order chi connectivity index (χ0) is 58.9. The minimum absolute atomic E-state index is 0.00299. The number of ether oxygens (including phenoxy) is 1. The number of amides is 4. The number of benzene rings is 1. The standard InChI is InChI=1S/C60H93N5O14/c1-11-43-30-37(6)60(63-55(43)73)41(10)53(71)40(9)51(79-60)33-50(70)36(5)21-15-12-14-20-35(4)48(68)25-16-13-17-26-49(69)39(8)54(72)45(28-27-38(7)66)56(74)62-52(34(2)3)57(75)61-47(32-42-22-18-23-44(67)31-42)58(76)65-29-19-24-46(64-65)59(77)78/h12-14,16-18,20,22-23,26,31,34,36-37,39-41,43,45-54,64,67-72H,11,15,19,21,24-25,27-30,32-33H2,1-10H3,(H,61,75)(H,62,74)(H,63,73)(H,77,78)/b14-12+,16-13+,26-17+,35-20+/t36-,37-,39-,40-,41-,43-,45+,46-,47-,48-,49+,50-,51-,52-,53-,54+,60+/m0/s1. The maximum absolute atomic E-state index is 14.1. The van der Waals surface area contributed by atoms with Crippen LogP contribution in [0.2, 0.25) is 0 Å². The molecular weight excluding hydrogens is 1010 g/mol. The van der Waals surface area contributed by atoms with Crippen molar-refractivity contribution in [3.05, 3.63) is 77.9 Å². The number of hydrogen-bond donors (Lipinski definition) is 11. The van der Waals surface area contributed by atoms with Crippen LogP contribution < -0.4 is 21.4 Å². The number of rotatable bonds is 28. The van der Waals surface area contributed by atoms with Crippen molar-refractivity contribution in [3.8, 4) is 5.75 Å². The smallest absolute Gasteiger partial charge is 0.322 e. The average molecular weight is 1110 g/mol. The van der Waals surface area contributed by atoms with E-state index in [2.05, 4.69) is 28.3 Å². The summed E-state index contributed by atoms with van der Waals surface area (Å²) in [6.07, 6.45) is 10.5. The van der Waals surface area contributed by atoms with Gasteiger partial charge in [0.15, 0.2) is 0 Å². The van der Waals surface area contributed by atoms with Crippen molar-refractivity contribution in [1.82, 2.24) is 26.4 Å². The molecule has 3 fully saturated rings. The minimum atomic E-state index is -1.47. The lowest BCUT2D eigenvalue weighted by atomic mass is 9.69. The predicted molar refractivity (Wildman–Crippen MR) is 299 cm³/mol. The Kier molecular flexibility index (Phi) is 26.1. The van der Waals surface area contributed by atoms with Crippen LogP contribution in [0.3, 0.4) is 0 Å². The molecule has 19 heteroatoms. The first-order valence-corrected chi connectivity index (χ1v) is 28.5. The van der Waals surface area contributed by atoms with Gasteiger partial charge in [0.2, 0.25) is 17.7 Å². The molecule has 0 aliphatic carbocycles. The van der Waals surface area contributed by atoms with E-state index in [1.165, 1.54) is 25.1 Å². The molecule has 3 aliphatic rings. The van der Waals surface area contributed by atoms with E-state index in [-0.39, 0.29) is 79.3 Å². The molecule has 3 saturated heterocycles. The van der Waals surface area contributed by atoms with Crippen LogP contribution in [0, 0.1) is 47.3 Å². The molecule has 19 nitrogen and oxygen atoms in total. The normalized spacial score (nSPS) is 27.5. The summed E-state index contributed by atoms with van der Waals surface area (Å²) < 4.78 is 6.68. The number of aliphatic carboxylic acids is 1. The van der Waals surface area contributed by atoms with Crippen LogP contribution in [0.5, 0.6) is 5.75 Å². The van der Waals surface area contributed by atoms with Gasteiger partial charge in [0.25, 0.3) is 5.91 Å². The number of hydrazine groups is 1. The van der Waals surface area contributed by atoms with E-state index in [9.17, 15) is 64.5 Å². The Morgan fingerprint density at radius 2 is 1.66 bits per heavy atom. The molecule has 11 N–H and O–H groups in total. The monoisotopic (exact) mass is 1110 g/mol. The van der Waals surface area contributed by atoms with Gasteiger partial charge in [-0.3, -0.25) is 29.0 Å². The molecule has 0 unspecified atom stereocenters. The number of ketones is 1. The van der Waals surface area contributed by atoms with Gasteiger partial charge in [-0.25, -0.2) is 5.43 Å². The first-order chi connectivity index (χ1) is 37.2. The lowest BCUT2D eigenvalue weighted by Crippen LogP contribution is -2.71. The van der Waals surface area contributed by atoms with Crippen molar-refractivity contribution in [2.45, 2.75) is 200 Å². The summed E-state index contributed by atoms with van der Waals surface area (Å²) >= 11 is 0. The molecule has 442 valence electrons. The highest BCUT2D eigenvalue weighted by Gasteiger charge is 2.57. The summed E-state index contributed by atoms with van der Waals surface area (Å²) in [6.45, 7) is 18.1. The van der Waals surface area contributed by atoms with E-state index in [1.54, 1.807) is 51.1 Å². The van der Waals surface area contributed by atoms with E-state index >= 15 is 0 Å². The number of piperidine rings is 1. The highest BCUT2D eigenvalue weighted by Crippen LogP contribution is 2.46. The third kappa shape index (κ3) is 18.6. The van der Waals surface area contributed by atoms with Gasteiger partial charge in [-0.15, -0.1) is 0 Å². The second-order valence-corrected chi connectivity index (χ2v) is 23.1. The summed E-state index contributed by atoms with van der Waals surface area (Å²) in [4.78, 5) is 78.9. The number of nitrogens with zero attached hydrogens (tertiary/aromatic N) is 1. The Bertz CT molecular complexity index is 2320. The van der Waals surface area contributed by atoms with Crippen LogP contribution in [0.4, 0.5) is 0 Å². The highest BCUT2D eigenvalue weighted by atomic mass is 16.5. The Morgan fingerprint density at radius 1 is 0.949 bits per heavy atom. The number of carbonyl (C=O) groups excluding carboxylic acids is 5. The second-order valence-electron chi connectivity index (χ2n) is 23.1. The van der Waals surface area contributed by atoms with E-state index < -0.39 is 102 Å². The third-order valence-corrected chi connectivity index (χ3v) is 16.7. The Balaban J connectivity index is 1.30. The number of phenols is 1. The molecule has 0 bridgehead atoms. The summed E-state index contributed by atoms with van der Waals surface area (Å²) in [5.41, 5.74) is 2.95. The van der Waals surface area contributed by atoms with E-state index in [0.29, 0.717) is 49.7 Å². The van der Waals surface area contributed by atoms with E-state index in [1.807, 2.05) is 52.8 Å². The maximum Gasteiger partial charge on any atom is 0.322 e. The summed E-state index contributed by atoms with van der Waals surface area (Å²) in [6, 6.07) is 2.63. The number of carboxylic acids is 1. The zero-order valence-corrected chi connectivity index (χ0v) is 48.1. The topological polar surface area (TPSA) is 305 Å². The van der Waals surface area contributed by atoms with E-state index in [0.717, 1.165) is 11.4 Å². The van der Waals surface area contributed by atoms with Gasteiger partial charge in [-0.05, 0) is 100 Å². The van der Waals surface area contributed by atoms with Gasteiger partial charge in [0.05, 0.1) is 42.5 Å². The minimum Gasteiger partial charge on any atom is -0.508 e. The van der Waals surface area contributed by atoms with Gasteiger partial charge in [-0.2, -0.15) is 0 Å². The fraction of sp³-hybridized carbons (Fsp3) is 0.667. The van der Waals surface area contributed by atoms with Crippen LogP contribution >= 0.6 is 0 Å². The number of aliphatic hydroxyl groups is 5. The predicted octanol–water partition coefficient (Wildman–Crippen LogP) is 4.93. The van der Waals surface area contributed by atoms with Crippen LogP contribution in [-0.4, -0.2) is 143 Å². The van der Waals surface area contributed by atoms with Crippen molar-refractivity contribution in [2.24, 2.45) is 47.3 Å². The molecule has 1 aromatic carbocycles. The first kappa shape index (κ1) is 66.2. The number of carbonyl (C=O) groups is 6. The van der Waals surface area contributed by atoms with Crippen molar-refractivity contribution in [3.63, 3.8) is 0 Å². The van der Waals surface area contributed by atoms with Crippen LogP contribution in [0.25, 0.3) is 0 Å². The second kappa shape index (κ2) is 31.1. The summed E-state index contributed by atoms with van der Waals surface area (Å²) in [5.74, 6) is -7.00. The highest BCUT2D eigenvalue weighted by molar-refractivity contribution is 5.93. The van der Waals surface area contributed by atoms with Crippen LogP contribution in [-0.2, 0) is 39.9 Å². The third-order valence-electron chi connectivity index (χ3n) is 16.7. The number of aromatic hydroxyl groups is 1. The largest absolute Gasteiger partial charge is 0.508 e. The molecule has 0 aromatic heterocycles. The molecule has 3 heterocycles. The van der Waals surface area contributed by atoms with Crippen molar-refractivity contribution in [1.29, 1.82) is 0 Å². The van der Waals surface area contributed by atoms with Crippen molar-refractivity contribution >= 4 is 35.4 Å². The molecule has 1 spiro atoms. The lowest BCUT2D eigenvalue weighted by Gasteiger charge is -2.56. The average Bonchev–Trinajstić information content (AvgIpc) is 3.45. The quantitative estimate of drug-likeness (QED) is 0.0496. The Labute approximate surface area is 467 Å². The number of phenolic OH excluding ortho intramolecular Hbond substituents is 1. The van der Waals surface area contributed by atoms with Gasteiger partial charge in [-0.1, -0.05) is 110 Å². The van der Waals surface area contributed by atoms with Gasteiger partial charge < -0.3 is 61.2 Å². The zero-order valence-electron chi connectivity index (χ0n) is 48.1. The number of Topliss-reactive ketones (excluding diaryl/α,β-unsaturated/α-hetero) is 1. The van der Waals surface area contributed by atoms with Crippen LogP contribution in [0.1, 0.15) is 139 Å². The summed E-state index contributed by atoms with van der Waals surface area (Å²) in [7, 11) is 0. The fourth-order valence-corrected chi connectivity index (χ4v) is 11.0. The SMILES string of the molecule is CC[C@H]1C[C@H](C)[C@@]2(NC1=O)O[C@@H](C[C@H](O)[C@@H](C)CC/C=C/C=C(\C)[C@@H](O)C/C=C/C=C/[C@@H](O)[C@H](C)[C@@H](O)[C@@H](CCC(C)=O)C(=O)N[C@H](C(=O)N[C@@H](Cc1cccc(O)c1)C(=O)N1CCC[C@@H](C(=O)O)N1)C(C)C)[C@H](C)[C@H](O)[C@@H]2C. The molecule has 79 heavy (non-hydrogen) atoms. The number of hydrogen-bond acceptors (Lipinski definition) is 14. The fourth-order valence-electron chi connectivity index (χ4n) is 11.0. The molecule has 0 saturated carbocycles. The van der Waals surface area contributed by atoms with E-state index in [4.69, 9.17) is 4.74 Å². The molecule has 4 amide bonds. The number of allylic oxidation sites excluding steroid dienone is 5. The molecule has 3 aliphatic heterocycles. The molecule has 4 rings (SSSR count). The molecular formula is C60H93N5O14. The number of carboxylic acid groups (broad SMARTS) is 1. The van der Waals surface area contributed by atoms with Gasteiger partial charge in [0.1, 0.15) is 35.4 Å².